The topological polar surface area (TPSA) is 56.3 Å². The maximum Gasteiger partial charge on any atom is 0.252 e. The number of nitrogens with one attached hydrogen (secondary N) is 1. The Balaban J connectivity index is 2.48. The molecule has 0 fully saturated rings. The van der Waals surface area contributed by atoms with Crippen molar-refractivity contribution >= 4 is 22.5 Å². The van der Waals surface area contributed by atoms with Gasteiger partial charge in [0.25, 0.3) is 5.91 Å². The van der Waals surface area contributed by atoms with E-state index in [9.17, 15) is 4.79 Å². The lowest BCUT2D eigenvalue weighted by Gasteiger charge is -2.14. The minimum absolute atomic E-state index is 0.320. The van der Waals surface area contributed by atoms with Crippen LogP contribution in [-0.2, 0) is 4.79 Å². The van der Waals surface area contributed by atoms with E-state index in [4.69, 9.17) is 5.11 Å². The molecule has 2 rings (SSSR count). The van der Waals surface area contributed by atoms with E-state index in [1.54, 1.807) is 13.2 Å². The van der Waals surface area contributed by atoms with Crippen molar-refractivity contribution in [2.75, 3.05) is 18.6 Å². The van der Waals surface area contributed by atoms with Gasteiger partial charge in [0.1, 0.15) is 6.61 Å². The number of fused-ring (bicyclic) bond motifs is 1. The Hall–Kier alpha value is -1.81. The molecule has 0 radical (unpaired) electrons. The van der Waals surface area contributed by atoms with Gasteiger partial charge >= 0.3 is 0 Å². The van der Waals surface area contributed by atoms with E-state index >= 15 is 0 Å². The Labute approximate surface area is 87.1 Å². The molecule has 1 aromatic heterocycles. The van der Waals surface area contributed by atoms with E-state index < -0.39 is 6.61 Å². The summed E-state index contributed by atoms with van der Waals surface area (Å²) in [5.41, 5.74) is 1.76. The number of H-pyrrole nitrogens is 1. The third-order valence-corrected chi connectivity index (χ3v) is 2.44. The summed E-state index contributed by atoms with van der Waals surface area (Å²) in [6.45, 7) is -0.476. The first-order chi connectivity index (χ1) is 7.24. The Kier molecular flexibility index (Phi) is 2.43. The molecule has 2 aromatic rings. The lowest BCUT2D eigenvalue weighted by molar-refractivity contribution is -0.120. The number of likely N-dealkylation sites (N-methyl/N-ethyl adjacent to an activating group) is 1. The number of aromatic nitrogens is 1. The summed E-state index contributed by atoms with van der Waals surface area (Å²) < 4.78 is 0. The lowest BCUT2D eigenvalue weighted by Crippen LogP contribution is -2.28. The number of anilines is 1. The summed E-state index contributed by atoms with van der Waals surface area (Å²) in [5.74, 6) is -0.320. The third-order valence-electron chi connectivity index (χ3n) is 2.44. The molecule has 1 amide bonds. The molecule has 0 atom stereocenters. The van der Waals surface area contributed by atoms with Crippen LogP contribution in [0.25, 0.3) is 10.9 Å². The van der Waals surface area contributed by atoms with Crippen molar-refractivity contribution in [3.8, 4) is 0 Å². The first-order valence-corrected chi connectivity index (χ1v) is 4.67. The normalized spacial score (nSPS) is 10.5. The van der Waals surface area contributed by atoms with Gasteiger partial charge in [-0.05, 0) is 6.07 Å². The van der Waals surface area contributed by atoms with Crippen LogP contribution >= 0.6 is 0 Å². The van der Waals surface area contributed by atoms with Crippen LogP contribution in [-0.4, -0.2) is 29.7 Å². The lowest BCUT2D eigenvalue weighted by atomic mass is 10.2. The van der Waals surface area contributed by atoms with Crippen LogP contribution in [0.3, 0.4) is 0 Å². The van der Waals surface area contributed by atoms with Gasteiger partial charge in [-0.25, -0.2) is 0 Å². The van der Waals surface area contributed by atoms with E-state index in [0.29, 0.717) is 0 Å². The number of carbonyl (C=O) groups excluding carboxylic acids is 1. The van der Waals surface area contributed by atoms with Gasteiger partial charge in [0.15, 0.2) is 0 Å². The molecule has 2 N–H and O–H groups in total. The molecule has 0 spiro atoms. The van der Waals surface area contributed by atoms with Crippen molar-refractivity contribution in [3.63, 3.8) is 0 Å². The van der Waals surface area contributed by atoms with Crippen molar-refractivity contribution in [1.29, 1.82) is 0 Å². The van der Waals surface area contributed by atoms with Crippen LogP contribution in [0.2, 0.25) is 0 Å². The average Bonchev–Trinajstić information content (AvgIpc) is 2.70. The van der Waals surface area contributed by atoms with Gasteiger partial charge in [-0.3, -0.25) is 4.79 Å². The fourth-order valence-electron chi connectivity index (χ4n) is 1.57. The van der Waals surface area contributed by atoms with Crippen LogP contribution < -0.4 is 4.90 Å². The minimum Gasteiger partial charge on any atom is -0.387 e. The molecule has 1 heterocycles. The number of aliphatic hydroxyl groups excluding tert-OH is 1. The summed E-state index contributed by atoms with van der Waals surface area (Å²) in [6.07, 6.45) is 1.76. The van der Waals surface area contributed by atoms with Crippen LogP contribution in [0.5, 0.6) is 0 Å². The standard InChI is InChI=1S/C11H12N2O2/c1-13(11(15)7-14)10-6-12-9-5-3-2-4-8(9)10/h2-6,12,14H,7H2,1H3. The number of nitrogens with zero attached hydrogens (tertiary/aromatic N) is 1. The van der Waals surface area contributed by atoms with E-state index in [0.717, 1.165) is 16.6 Å². The highest BCUT2D eigenvalue weighted by molar-refractivity contribution is 6.03. The van der Waals surface area contributed by atoms with E-state index in [1.807, 2.05) is 24.3 Å². The highest BCUT2D eigenvalue weighted by Crippen LogP contribution is 2.25. The Morgan fingerprint density at radius 3 is 2.93 bits per heavy atom. The summed E-state index contributed by atoms with van der Waals surface area (Å²) in [6, 6.07) is 7.71. The first-order valence-electron chi connectivity index (χ1n) is 4.67. The summed E-state index contributed by atoms with van der Waals surface area (Å²) >= 11 is 0. The highest BCUT2D eigenvalue weighted by Gasteiger charge is 2.13. The van der Waals surface area contributed by atoms with Crippen LogP contribution in [0.1, 0.15) is 0 Å². The molecule has 0 saturated carbocycles. The molecule has 0 unspecified atom stereocenters. The van der Waals surface area contributed by atoms with Gasteiger partial charge in [0.05, 0.1) is 5.69 Å². The molecule has 0 saturated heterocycles. The SMILES string of the molecule is CN(C(=O)CO)c1c[nH]c2ccccc12. The molecule has 15 heavy (non-hydrogen) atoms. The number of rotatable bonds is 2. The second-order valence-corrected chi connectivity index (χ2v) is 3.33. The fourth-order valence-corrected chi connectivity index (χ4v) is 1.57. The zero-order chi connectivity index (χ0) is 10.8. The largest absolute Gasteiger partial charge is 0.387 e. The molecular weight excluding hydrogens is 192 g/mol. The zero-order valence-corrected chi connectivity index (χ0v) is 8.40. The van der Waals surface area contributed by atoms with Crippen molar-refractivity contribution in [3.05, 3.63) is 30.5 Å². The fraction of sp³-hybridized carbons (Fsp3) is 0.182. The van der Waals surface area contributed by atoms with Crippen molar-refractivity contribution in [1.82, 2.24) is 4.98 Å². The molecule has 0 aliphatic heterocycles. The summed E-state index contributed by atoms with van der Waals surface area (Å²) in [4.78, 5) is 15.8. The van der Waals surface area contributed by atoms with Crippen molar-refractivity contribution < 1.29 is 9.90 Å². The number of aliphatic hydroxyl groups is 1. The van der Waals surface area contributed by atoms with E-state index in [-0.39, 0.29) is 5.91 Å². The molecular formula is C11H12N2O2. The predicted molar refractivity (Wildman–Crippen MR) is 58.8 cm³/mol. The monoisotopic (exact) mass is 204 g/mol. The molecule has 0 aliphatic carbocycles. The molecule has 0 bridgehead atoms. The molecule has 4 nitrogen and oxygen atoms in total. The van der Waals surface area contributed by atoms with Crippen molar-refractivity contribution in [2.24, 2.45) is 0 Å². The minimum atomic E-state index is -0.476. The first kappa shape index (κ1) is 9.73. The highest BCUT2D eigenvalue weighted by atomic mass is 16.3. The second-order valence-electron chi connectivity index (χ2n) is 3.33. The van der Waals surface area contributed by atoms with Gasteiger partial charge < -0.3 is 15.0 Å². The molecule has 1 aromatic carbocycles. The van der Waals surface area contributed by atoms with Gasteiger partial charge in [-0.1, -0.05) is 18.2 Å². The summed E-state index contributed by atoms with van der Waals surface area (Å²) in [5, 5.41) is 9.75. The van der Waals surface area contributed by atoms with Gasteiger partial charge in [-0.2, -0.15) is 0 Å². The third kappa shape index (κ3) is 1.59. The Bertz CT molecular complexity index is 490. The molecule has 78 valence electrons. The Morgan fingerprint density at radius 2 is 2.20 bits per heavy atom. The summed E-state index contributed by atoms with van der Waals surface area (Å²) in [7, 11) is 1.65. The average molecular weight is 204 g/mol. The number of benzene rings is 1. The molecule has 4 heteroatoms. The quantitative estimate of drug-likeness (QED) is 0.770. The Morgan fingerprint density at radius 1 is 1.47 bits per heavy atom. The van der Waals surface area contributed by atoms with Crippen LogP contribution in [0, 0.1) is 0 Å². The number of amides is 1. The van der Waals surface area contributed by atoms with Crippen LogP contribution in [0.4, 0.5) is 5.69 Å². The van der Waals surface area contributed by atoms with E-state index in [1.165, 1.54) is 4.90 Å². The van der Waals surface area contributed by atoms with Crippen molar-refractivity contribution in [2.45, 2.75) is 0 Å². The smallest absolute Gasteiger partial charge is 0.252 e. The predicted octanol–water partition coefficient (Wildman–Crippen LogP) is 1.12. The molecule has 0 aliphatic rings. The van der Waals surface area contributed by atoms with Gasteiger partial charge in [0.2, 0.25) is 0 Å². The second kappa shape index (κ2) is 3.74. The number of carbonyl (C=O) groups is 1. The zero-order valence-electron chi connectivity index (χ0n) is 8.40. The maximum atomic E-state index is 11.3. The number of para-hydroxylation sites is 1. The van der Waals surface area contributed by atoms with Gasteiger partial charge in [-0.15, -0.1) is 0 Å². The van der Waals surface area contributed by atoms with Crippen LogP contribution in [0.15, 0.2) is 30.5 Å². The van der Waals surface area contributed by atoms with Gasteiger partial charge in [0, 0.05) is 24.1 Å². The number of hydrogen-bond acceptors (Lipinski definition) is 2. The number of hydrogen-bond donors (Lipinski definition) is 2. The number of aromatic amines is 1. The van der Waals surface area contributed by atoms with E-state index in [2.05, 4.69) is 4.98 Å². The maximum absolute atomic E-state index is 11.3.